The molecule has 0 aromatic heterocycles. The van der Waals surface area contributed by atoms with Crippen molar-refractivity contribution in [2.75, 3.05) is 6.54 Å². The van der Waals surface area contributed by atoms with Gasteiger partial charge in [0.25, 0.3) is 0 Å². The maximum atomic E-state index is 11.0. The van der Waals surface area contributed by atoms with Gasteiger partial charge in [0.15, 0.2) is 0 Å². The smallest absolute Gasteiger partial charge is 0.318 e. The molecule has 0 bridgehead atoms. The fourth-order valence-corrected chi connectivity index (χ4v) is 2.30. The largest absolute Gasteiger partial charge is 0.351 e. The molecule has 14 heavy (non-hydrogen) atoms. The molecule has 2 fully saturated rings. The zero-order valence-corrected chi connectivity index (χ0v) is 7.95. The molecule has 2 atom stereocenters. The summed E-state index contributed by atoms with van der Waals surface area (Å²) < 4.78 is 0. The van der Waals surface area contributed by atoms with E-state index in [4.69, 9.17) is 5.73 Å². The summed E-state index contributed by atoms with van der Waals surface area (Å²) in [7, 11) is 0. The average molecular weight is 197 g/mol. The summed E-state index contributed by atoms with van der Waals surface area (Å²) in [4.78, 5) is 21.4. The lowest BCUT2D eigenvalue weighted by molar-refractivity contribution is -0.119. The van der Waals surface area contributed by atoms with Crippen LogP contribution in [0.25, 0.3) is 0 Å². The van der Waals surface area contributed by atoms with Crippen LogP contribution in [0, 0.1) is 11.8 Å². The first-order valence-corrected chi connectivity index (χ1v) is 4.98. The van der Waals surface area contributed by atoms with Crippen molar-refractivity contribution >= 4 is 11.9 Å². The van der Waals surface area contributed by atoms with Gasteiger partial charge in [-0.3, -0.25) is 10.1 Å². The SMILES string of the molecule is NC(=O)NC(=O)CNC1CC2CC2C1. The van der Waals surface area contributed by atoms with Gasteiger partial charge in [0.05, 0.1) is 6.54 Å². The molecule has 0 aromatic rings. The average Bonchev–Trinajstić information content (AvgIpc) is 2.70. The molecule has 2 saturated carbocycles. The van der Waals surface area contributed by atoms with Gasteiger partial charge in [-0.25, -0.2) is 4.79 Å². The maximum Gasteiger partial charge on any atom is 0.318 e. The van der Waals surface area contributed by atoms with E-state index in [0.29, 0.717) is 6.04 Å². The molecule has 2 aliphatic carbocycles. The first-order valence-electron chi connectivity index (χ1n) is 4.98. The van der Waals surface area contributed by atoms with E-state index in [1.165, 1.54) is 19.3 Å². The number of carbonyl (C=O) groups excluding carboxylic acids is 2. The molecular weight excluding hydrogens is 182 g/mol. The Bertz CT molecular complexity index is 257. The lowest BCUT2D eigenvalue weighted by atomic mass is 10.1. The van der Waals surface area contributed by atoms with E-state index in [1.54, 1.807) is 0 Å². The Morgan fingerprint density at radius 3 is 2.43 bits per heavy atom. The van der Waals surface area contributed by atoms with Gasteiger partial charge in [-0.15, -0.1) is 0 Å². The second-order valence-electron chi connectivity index (χ2n) is 4.22. The lowest BCUT2D eigenvalue weighted by Gasteiger charge is -2.12. The van der Waals surface area contributed by atoms with Crippen molar-refractivity contribution in [3.63, 3.8) is 0 Å². The topological polar surface area (TPSA) is 84.2 Å². The molecule has 0 aliphatic heterocycles. The van der Waals surface area contributed by atoms with Gasteiger partial charge < -0.3 is 11.1 Å². The number of urea groups is 1. The predicted octanol–water partition coefficient (Wildman–Crippen LogP) is -0.431. The molecule has 0 aromatic carbocycles. The Balaban J connectivity index is 1.62. The number of hydrogen-bond acceptors (Lipinski definition) is 3. The van der Waals surface area contributed by atoms with E-state index in [-0.39, 0.29) is 12.5 Å². The minimum atomic E-state index is -0.786. The molecule has 0 heterocycles. The number of nitrogens with two attached hydrogens (primary N) is 1. The standard InChI is InChI=1S/C9H15N3O2/c10-9(14)12-8(13)4-11-7-2-5-1-6(5)3-7/h5-7,11H,1-4H2,(H3,10,12,13,14). The molecule has 4 N–H and O–H groups in total. The van der Waals surface area contributed by atoms with E-state index in [9.17, 15) is 9.59 Å². The van der Waals surface area contributed by atoms with E-state index >= 15 is 0 Å². The van der Waals surface area contributed by atoms with Crippen LogP contribution in [0.3, 0.4) is 0 Å². The minimum Gasteiger partial charge on any atom is -0.351 e. The Kier molecular flexibility index (Phi) is 2.41. The van der Waals surface area contributed by atoms with E-state index in [2.05, 4.69) is 5.32 Å². The number of imide groups is 1. The van der Waals surface area contributed by atoms with E-state index in [1.807, 2.05) is 5.32 Å². The zero-order chi connectivity index (χ0) is 10.1. The summed E-state index contributed by atoms with van der Waals surface area (Å²) in [5.41, 5.74) is 4.81. The number of fused-ring (bicyclic) bond motifs is 1. The highest BCUT2D eigenvalue weighted by Gasteiger charge is 2.45. The van der Waals surface area contributed by atoms with Crippen LogP contribution in [0.15, 0.2) is 0 Å². The van der Waals surface area contributed by atoms with Crippen LogP contribution in [0.4, 0.5) is 4.79 Å². The van der Waals surface area contributed by atoms with Crippen molar-refractivity contribution in [3.8, 4) is 0 Å². The van der Waals surface area contributed by atoms with Crippen LogP contribution in [0.5, 0.6) is 0 Å². The molecule has 0 radical (unpaired) electrons. The second kappa shape index (κ2) is 3.57. The molecule has 3 amide bonds. The third-order valence-electron chi connectivity index (χ3n) is 3.06. The van der Waals surface area contributed by atoms with Crippen molar-refractivity contribution < 1.29 is 9.59 Å². The van der Waals surface area contributed by atoms with Gasteiger partial charge in [-0.1, -0.05) is 0 Å². The molecule has 0 saturated heterocycles. The molecular formula is C9H15N3O2. The van der Waals surface area contributed by atoms with Crippen LogP contribution in [-0.2, 0) is 4.79 Å². The van der Waals surface area contributed by atoms with Gasteiger partial charge in [-0.05, 0) is 31.1 Å². The van der Waals surface area contributed by atoms with E-state index in [0.717, 1.165) is 11.8 Å². The zero-order valence-electron chi connectivity index (χ0n) is 7.95. The lowest BCUT2D eigenvalue weighted by Crippen LogP contribution is -2.43. The molecule has 2 aliphatic rings. The summed E-state index contributed by atoms with van der Waals surface area (Å²) >= 11 is 0. The van der Waals surface area contributed by atoms with Gasteiger partial charge in [0.1, 0.15) is 0 Å². The predicted molar refractivity (Wildman–Crippen MR) is 50.3 cm³/mol. The summed E-state index contributed by atoms with van der Waals surface area (Å²) in [5, 5.41) is 5.15. The number of primary amides is 1. The molecule has 0 spiro atoms. The van der Waals surface area contributed by atoms with Gasteiger partial charge in [-0.2, -0.15) is 0 Å². The van der Waals surface area contributed by atoms with Gasteiger partial charge in [0.2, 0.25) is 5.91 Å². The van der Waals surface area contributed by atoms with Crippen LogP contribution in [-0.4, -0.2) is 24.5 Å². The highest BCUT2D eigenvalue weighted by Crippen LogP contribution is 2.51. The number of nitrogens with one attached hydrogen (secondary N) is 2. The normalized spacial score (nSPS) is 33.6. The summed E-state index contributed by atoms with van der Waals surface area (Å²) in [6, 6.07) is -0.330. The fraction of sp³-hybridized carbons (Fsp3) is 0.778. The number of carbonyl (C=O) groups is 2. The number of hydrogen-bond donors (Lipinski definition) is 3. The number of amides is 3. The molecule has 2 rings (SSSR count). The number of rotatable bonds is 3. The van der Waals surface area contributed by atoms with Crippen molar-refractivity contribution in [1.29, 1.82) is 0 Å². The van der Waals surface area contributed by atoms with Gasteiger partial charge >= 0.3 is 6.03 Å². The highest BCUT2D eigenvalue weighted by molar-refractivity contribution is 5.94. The van der Waals surface area contributed by atoms with Gasteiger partial charge in [0, 0.05) is 6.04 Å². The van der Waals surface area contributed by atoms with Crippen molar-refractivity contribution in [1.82, 2.24) is 10.6 Å². The Hall–Kier alpha value is -1.10. The third kappa shape index (κ3) is 2.23. The molecule has 2 unspecified atom stereocenters. The quantitative estimate of drug-likeness (QED) is 0.574. The molecule has 78 valence electrons. The molecule has 5 nitrogen and oxygen atoms in total. The van der Waals surface area contributed by atoms with Crippen molar-refractivity contribution in [3.05, 3.63) is 0 Å². The maximum absolute atomic E-state index is 11.0. The second-order valence-corrected chi connectivity index (χ2v) is 4.22. The minimum absolute atomic E-state index is 0.188. The summed E-state index contributed by atoms with van der Waals surface area (Å²) in [6.45, 7) is 0.188. The Labute approximate surface area is 82.4 Å². The van der Waals surface area contributed by atoms with E-state index < -0.39 is 6.03 Å². The van der Waals surface area contributed by atoms with Crippen LogP contribution in [0.2, 0.25) is 0 Å². The monoisotopic (exact) mass is 197 g/mol. The Morgan fingerprint density at radius 1 is 1.21 bits per heavy atom. The van der Waals surface area contributed by atoms with Crippen LogP contribution < -0.4 is 16.4 Å². The third-order valence-corrected chi connectivity index (χ3v) is 3.06. The first-order chi connectivity index (χ1) is 6.65. The van der Waals surface area contributed by atoms with Crippen molar-refractivity contribution in [2.24, 2.45) is 17.6 Å². The van der Waals surface area contributed by atoms with Crippen LogP contribution >= 0.6 is 0 Å². The highest BCUT2D eigenvalue weighted by atomic mass is 16.2. The summed E-state index contributed by atoms with van der Waals surface area (Å²) in [5.74, 6) is 1.44. The fourth-order valence-electron chi connectivity index (χ4n) is 2.30. The van der Waals surface area contributed by atoms with Crippen molar-refractivity contribution in [2.45, 2.75) is 25.3 Å². The first kappa shape index (κ1) is 9.45. The van der Waals surface area contributed by atoms with Crippen LogP contribution in [0.1, 0.15) is 19.3 Å². The Morgan fingerprint density at radius 2 is 1.86 bits per heavy atom. The summed E-state index contributed by atoms with van der Waals surface area (Å²) in [6.07, 6.45) is 3.72. The molecule has 5 heteroatoms.